The Kier molecular flexibility index (Phi) is 16.3. The van der Waals surface area contributed by atoms with E-state index in [1.54, 1.807) is 19.2 Å². The summed E-state index contributed by atoms with van der Waals surface area (Å²) in [7, 11) is 1.60. The molecule has 0 saturated heterocycles. The molecule has 0 unspecified atom stereocenters. The molecule has 0 aliphatic carbocycles. The first kappa shape index (κ1) is 40.5. The average Bonchev–Trinajstić information content (AvgIpc) is 3.08. The Hall–Kier alpha value is -3.89. The van der Waals surface area contributed by atoms with E-state index in [2.05, 4.69) is 26.4 Å². The summed E-state index contributed by atoms with van der Waals surface area (Å²) in [6.45, 7) is 2.35. The lowest BCUT2D eigenvalue weighted by Gasteiger charge is -2.28. The van der Waals surface area contributed by atoms with Crippen LogP contribution in [0, 0.1) is 6.92 Å². The van der Waals surface area contributed by atoms with E-state index in [1.807, 2.05) is 31.2 Å². The van der Waals surface area contributed by atoms with Crippen LogP contribution < -0.4 is 32.8 Å². The van der Waals surface area contributed by atoms with Gasteiger partial charge in [0, 0.05) is 36.1 Å². The summed E-state index contributed by atoms with van der Waals surface area (Å²) in [5, 5.41) is 9.85. The molecule has 2 aromatic carbocycles. The Morgan fingerprint density at radius 3 is 2.40 bits per heavy atom. The predicted molar refractivity (Wildman–Crippen MR) is 189 cm³/mol. The monoisotopic (exact) mass is 736 g/mol. The van der Waals surface area contributed by atoms with Gasteiger partial charge in [-0.05, 0) is 93.6 Å². The molecule has 0 radical (unpaired) electrons. The quantitative estimate of drug-likeness (QED) is 0.0545. The SMILES string of the molecule is Cc1ccccc1NN(C)C(=O)[C@H](CCCCN)NC(=O)[C@H](CCCN)NCc1ncccc1Sc1c(Cl)ccc(C(F)(F)F)c1CNC=O. The van der Waals surface area contributed by atoms with E-state index in [1.165, 1.54) is 11.2 Å². The minimum Gasteiger partial charge on any atom is -0.355 e. The minimum atomic E-state index is -4.68. The zero-order valence-electron chi connectivity index (χ0n) is 28.0. The van der Waals surface area contributed by atoms with Crippen molar-refractivity contribution in [3.05, 3.63) is 82.1 Å². The Morgan fingerprint density at radius 2 is 1.72 bits per heavy atom. The second-order valence-electron chi connectivity index (χ2n) is 11.5. The van der Waals surface area contributed by atoms with E-state index in [4.69, 9.17) is 23.1 Å². The third-order valence-corrected chi connectivity index (χ3v) is 9.48. The summed E-state index contributed by atoms with van der Waals surface area (Å²) in [6, 6.07) is 11.2. The van der Waals surface area contributed by atoms with Gasteiger partial charge in [-0.15, -0.1) is 0 Å². The number of anilines is 1. The number of hydrogen-bond donors (Lipinski definition) is 6. The number of nitrogens with two attached hydrogens (primary N) is 2. The lowest BCUT2D eigenvalue weighted by Crippen LogP contribution is -2.53. The van der Waals surface area contributed by atoms with Crippen molar-refractivity contribution < 1.29 is 27.6 Å². The first-order valence-corrected chi connectivity index (χ1v) is 17.3. The van der Waals surface area contributed by atoms with Crippen LogP contribution in [0.1, 0.15) is 54.5 Å². The van der Waals surface area contributed by atoms with Crippen LogP contribution in [0.3, 0.4) is 0 Å². The summed E-state index contributed by atoms with van der Waals surface area (Å²) in [5.74, 6) is -0.750. The number of carbonyl (C=O) groups is 3. The summed E-state index contributed by atoms with van der Waals surface area (Å²) in [5.41, 5.74) is 15.6. The number of rotatable bonds is 20. The number of unbranched alkanes of at least 4 members (excludes halogenated alkanes) is 1. The number of nitrogens with one attached hydrogen (secondary N) is 4. The molecule has 3 amide bonds. The molecule has 0 fully saturated rings. The molecule has 1 heterocycles. The van der Waals surface area contributed by atoms with Gasteiger partial charge >= 0.3 is 6.18 Å². The molecule has 3 aromatic rings. The van der Waals surface area contributed by atoms with Gasteiger partial charge in [-0.1, -0.05) is 41.6 Å². The van der Waals surface area contributed by atoms with Crippen molar-refractivity contribution in [1.29, 1.82) is 0 Å². The number of likely N-dealkylation sites (N-methyl/N-ethyl adjacent to an activating group) is 1. The smallest absolute Gasteiger partial charge is 0.355 e. The fraction of sp³-hybridized carbons (Fsp3) is 0.412. The fourth-order valence-electron chi connectivity index (χ4n) is 5.11. The van der Waals surface area contributed by atoms with Crippen LogP contribution in [0.25, 0.3) is 0 Å². The maximum absolute atomic E-state index is 13.9. The van der Waals surface area contributed by atoms with Crippen molar-refractivity contribution in [1.82, 2.24) is 25.9 Å². The normalized spacial score (nSPS) is 12.6. The third kappa shape index (κ3) is 11.9. The van der Waals surface area contributed by atoms with Crippen LogP contribution in [-0.2, 0) is 33.6 Å². The number of nitrogens with zero attached hydrogens (tertiary/aromatic N) is 2. The predicted octanol–water partition coefficient (Wildman–Crippen LogP) is 4.76. The van der Waals surface area contributed by atoms with Gasteiger partial charge in [-0.25, -0.2) is 0 Å². The molecule has 0 saturated carbocycles. The van der Waals surface area contributed by atoms with Gasteiger partial charge < -0.3 is 27.4 Å². The molecule has 8 N–H and O–H groups in total. The molecule has 3 rings (SSSR count). The topological polar surface area (TPSA) is 168 Å². The highest BCUT2D eigenvalue weighted by atomic mass is 35.5. The molecule has 11 nitrogen and oxygen atoms in total. The number of benzene rings is 2. The van der Waals surface area contributed by atoms with E-state index >= 15 is 0 Å². The first-order chi connectivity index (χ1) is 23.9. The summed E-state index contributed by atoms with van der Waals surface area (Å²) >= 11 is 7.38. The van der Waals surface area contributed by atoms with E-state index in [-0.39, 0.29) is 27.9 Å². The number of hydrogen-bond acceptors (Lipinski definition) is 9. The highest BCUT2D eigenvalue weighted by Crippen LogP contribution is 2.43. The number of halogens is 4. The van der Waals surface area contributed by atoms with Crippen LogP contribution >= 0.6 is 23.4 Å². The number of hydrazine groups is 1. The fourth-order valence-corrected chi connectivity index (χ4v) is 6.48. The third-order valence-electron chi connectivity index (χ3n) is 7.80. The van der Waals surface area contributed by atoms with Gasteiger partial charge in [0.05, 0.1) is 28.0 Å². The van der Waals surface area contributed by atoms with Crippen LogP contribution in [0.15, 0.2) is 64.5 Å². The van der Waals surface area contributed by atoms with Gasteiger partial charge in [0.2, 0.25) is 12.3 Å². The van der Waals surface area contributed by atoms with E-state index in [0.717, 1.165) is 35.1 Å². The molecule has 0 aliphatic heterocycles. The molecular formula is C34H44ClF3N8O3S. The van der Waals surface area contributed by atoms with Crippen LogP contribution in [0.2, 0.25) is 5.02 Å². The lowest BCUT2D eigenvalue weighted by atomic mass is 10.1. The number of alkyl halides is 3. The van der Waals surface area contributed by atoms with Crippen molar-refractivity contribution in [3.8, 4) is 0 Å². The Morgan fingerprint density at radius 1 is 1.00 bits per heavy atom. The Balaban J connectivity index is 1.83. The first-order valence-electron chi connectivity index (χ1n) is 16.1. The molecular weight excluding hydrogens is 693 g/mol. The number of amides is 3. The number of pyridine rings is 1. The standard InChI is InChI=1S/C34H44ClF3N8O3S/c1-22-9-3-4-10-26(22)45-46(2)33(49)28(11-5-6-16-39)44-32(48)27(12-7-17-40)43-20-29-30(13-8-18-42-29)50-31-23(19-41-21-47)24(34(36,37)38)14-15-25(31)35/h3-4,8-10,13-15,18,21,27-28,43,45H,5-7,11-12,16-17,19-20,39-40H2,1-2H3,(H,41,47)(H,44,48)/t27-,28-/m0/s1. The number of para-hydroxylation sites is 1. The molecule has 0 bridgehead atoms. The summed E-state index contributed by atoms with van der Waals surface area (Å²) in [4.78, 5) is 43.4. The second-order valence-corrected chi connectivity index (χ2v) is 12.9. The van der Waals surface area contributed by atoms with Crippen LogP contribution in [0.4, 0.5) is 18.9 Å². The lowest BCUT2D eigenvalue weighted by molar-refractivity contribution is -0.138. The van der Waals surface area contributed by atoms with Gasteiger partial charge in [0.1, 0.15) is 6.04 Å². The van der Waals surface area contributed by atoms with Crippen molar-refractivity contribution in [2.24, 2.45) is 11.5 Å². The zero-order chi connectivity index (χ0) is 36.7. The minimum absolute atomic E-state index is 0.0604. The van der Waals surface area contributed by atoms with Gasteiger partial charge in [-0.2, -0.15) is 13.2 Å². The van der Waals surface area contributed by atoms with E-state index in [9.17, 15) is 27.6 Å². The summed E-state index contributed by atoms with van der Waals surface area (Å²) < 4.78 is 41.7. The van der Waals surface area contributed by atoms with Gasteiger partial charge in [0.25, 0.3) is 5.91 Å². The number of aromatic nitrogens is 1. The Labute approximate surface area is 299 Å². The van der Waals surface area contributed by atoms with Gasteiger partial charge in [-0.3, -0.25) is 29.8 Å². The highest BCUT2D eigenvalue weighted by molar-refractivity contribution is 7.99. The van der Waals surface area contributed by atoms with Crippen molar-refractivity contribution in [3.63, 3.8) is 0 Å². The molecule has 1 aromatic heterocycles. The van der Waals surface area contributed by atoms with Crippen LogP contribution in [-0.4, -0.2) is 60.4 Å². The van der Waals surface area contributed by atoms with E-state index in [0.29, 0.717) is 62.2 Å². The summed E-state index contributed by atoms with van der Waals surface area (Å²) in [6.07, 6.45) is -0.334. The van der Waals surface area contributed by atoms with Gasteiger partial charge in [0.15, 0.2) is 0 Å². The van der Waals surface area contributed by atoms with Crippen molar-refractivity contribution >= 4 is 47.3 Å². The van der Waals surface area contributed by atoms with E-state index < -0.39 is 36.3 Å². The molecule has 16 heteroatoms. The largest absolute Gasteiger partial charge is 0.416 e. The Bertz CT molecular complexity index is 1580. The molecule has 0 spiro atoms. The molecule has 272 valence electrons. The molecule has 0 aliphatic rings. The maximum atomic E-state index is 13.9. The maximum Gasteiger partial charge on any atom is 0.416 e. The van der Waals surface area contributed by atoms with Crippen molar-refractivity contribution in [2.45, 2.75) is 80.2 Å². The van der Waals surface area contributed by atoms with Crippen LogP contribution in [0.5, 0.6) is 0 Å². The number of aryl methyl sites for hydroxylation is 1. The average molecular weight is 737 g/mol. The molecule has 2 atom stereocenters. The number of carbonyl (C=O) groups excluding carboxylic acids is 3. The van der Waals surface area contributed by atoms with Crippen molar-refractivity contribution in [2.75, 3.05) is 25.6 Å². The zero-order valence-corrected chi connectivity index (χ0v) is 29.6. The highest BCUT2D eigenvalue weighted by Gasteiger charge is 2.35. The molecule has 50 heavy (non-hydrogen) atoms. The second kappa shape index (κ2) is 20.1.